The Bertz CT molecular complexity index is 1070. The minimum Gasteiger partial charge on any atom is -0.456 e. The van der Waals surface area contributed by atoms with E-state index in [1.807, 2.05) is 54.6 Å². The standard InChI is InChI=1S/C21H22N2O4S/c1-28(25,26)23-12-4-6-17(14-23)21(24)22-18-10-8-15(9-11-18)20-13-16-5-2-3-7-19(16)27-20/h2-3,5,7-11,13,17H,4,6,12,14H2,1H3,(H,22,24). The molecular weight excluding hydrogens is 376 g/mol. The predicted octanol–water partition coefficient (Wildman–Crippen LogP) is 3.71. The first kappa shape index (κ1) is 18.7. The molecule has 1 saturated heterocycles. The molecule has 1 atom stereocenters. The minimum atomic E-state index is -3.27. The first-order valence-electron chi connectivity index (χ1n) is 9.25. The molecule has 1 amide bonds. The largest absolute Gasteiger partial charge is 0.456 e. The number of carbonyl (C=O) groups is 1. The molecule has 2 aromatic carbocycles. The smallest absolute Gasteiger partial charge is 0.228 e. The summed E-state index contributed by atoms with van der Waals surface area (Å²) in [6, 6.07) is 17.3. The highest BCUT2D eigenvalue weighted by Gasteiger charge is 2.30. The number of hydrogen-bond acceptors (Lipinski definition) is 4. The molecule has 7 heteroatoms. The van der Waals surface area contributed by atoms with Gasteiger partial charge in [-0.3, -0.25) is 4.79 Å². The van der Waals surface area contributed by atoms with Gasteiger partial charge in [0, 0.05) is 29.7 Å². The lowest BCUT2D eigenvalue weighted by Crippen LogP contribution is -2.43. The summed E-state index contributed by atoms with van der Waals surface area (Å²) in [4.78, 5) is 12.6. The van der Waals surface area contributed by atoms with Crippen molar-refractivity contribution in [2.75, 3.05) is 24.7 Å². The summed E-state index contributed by atoms with van der Waals surface area (Å²) < 4.78 is 30.7. The van der Waals surface area contributed by atoms with E-state index in [1.165, 1.54) is 10.6 Å². The van der Waals surface area contributed by atoms with Crippen molar-refractivity contribution in [3.8, 4) is 11.3 Å². The first-order chi connectivity index (χ1) is 13.4. The Morgan fingerprint density at radius 3 is 2.61 bits per heavy atom. The highest BCUT2D eigenvalue weighted by Crippen LogP contribution is 2.29. The topological polar surface area (TPSA) is 79.6 Å². The molecule has 28 heavy (non-hydrogen) atoms. The molecule has 6 nitrogen and oxygen atoms in total. The van der Waals surface area contributed by atoms with Crippen LogP contribution in [0, 0.1) is 5.92 Å². The van der Waals surface area contributed by atoms with Gasteiger partial charge in [0.1, 0.15) is 11.3 Å². The van der Waals surface area contributed by atoms with Crippen LogP contribution in [0.5, 0.6) is 0 Å². The van der Waals surface area contributed by atoms with E-state index >= 15 is 0 Å². The molecule has 1 aliphatic heterocycles. The summed E-state index contributed by atoms with van der Waals surface area (Å²) in [5.74, 6) is 0.290. The van der Waals surface area contributed by atoms with Crippen LogP contribution in [0.25, 0.3) is 22.3 Å². The average molecular weight is 398 g/mol. The molecule has 3 aromatic rings. The van der Waals surface area contributed by atoms with Crippen molar-refractivity contribution in [1.29, 1.82) is 0 Å². The third kappa shape index (κ3) is 3.95. The lowest BCUT2D eigenvalue weighted by atomic mass is 9.98. The molecule has 1 aromatic heterocycles. The third-order valence-electron chi connectivity index (χ3n) is 5.09. The molecule has 2 heterocycles. The van der Waals surface area contributed by atoms with Gasteiger partial charge in [0.25, 0.3) is 0 Å². The van der Waals surface area contributed by atoms with Crippen LogP contribution >= 0.6 is 0 Å². The Morgan fingerprint density at radius 1 is 1.14 bits per heavy atom. The van der Waals surface area contributed by atoms with Gasteiger partial charge in [-0.15, -0.1) is 0 Å². The summed E-state index contributed by atoms with van der Waals surface area (Å²) >= 11 is 0. The fourth-order valence-electron chi connectivity index (χ4n) is 3.54. The van der Waals surface area contributed by atoms with Crippen LogP contribution in [0.2, 0.25) is 0 Å². The van der Waals surface area contributed by atoms with Crippen LogP contribution in [-0.4, -0.2) is 38.0 Å². The Kier molecular flexibility index (Phi) is 4.95. The average Bonchev–Trinajstić information content (AvgIpc) is 3.12. The fraction of sp³-hybridized carbons (Fsp3) is 0.286. The number of carbonyl (C=O) groups excluding carboxylic acids is 1. The van der Waals surface area contributed by atoms with Gasteiger partial charge in [-0.05, 0) is 49.2 Å². The van der Waals surface area contributed by atoms with Crippen molar-refractivity contribution in [3.05, 3.63) is 54.6 Å². The lowest BCUT2D eigenvalue weighted by Gasteiger charge is -2.30. The number of nitrogens with zero attached hydrogens (tertiary/aromatic N) is 1. The lowest BCUT2D eigenvalue weighted by molar-refractivity contribution is -0.120. The minimum absolute atomic E-state index is 0.148. The van der Waals surface area contributed by atoms with Crippen LogP contribution < -0.4 is 5.32 Å². The molecule has 1 aliphatic rings. The van der Waals surface area contributed by atoms with Crippen LogP contribution in [0.3, 0.4) is 0 Å². The second-order valence-electron chi connectivity index (χ2n) is 7.18. The second-order valence-corrected chi connectivity index (χ2v) is 9.16. The molecule has 1 N–H and O–H groups in total. The fourth-order valence-corrected chi connectivity index (χ4v) is 4.46. The summed E-state index contributed by atoms with van der Waals surface area (Å²) in [5, 5.41) is 3.94. The summed E-state index contributed by atoms with van der Waals surface area (Å²) in [5.41, 5.74) is 2.44. The highest BCUT2D eigenvalue weighted by molar-refractivity contribution is 7.88. The number of hydrogen-bond donors (Lipinski definition) is 1. The van der Waals surface area contributed by atoms with Gasteiger partial charge in [0.2, 0.25) is 15.9 Å². The van der Waals surface area contributed by atoms with Crippen molar-refractivity contribution in [2.45, 2.75) is 12.8 Å². The number of fused-ring (bicyclic) bond motifs is 1. The van der Waals surface area contributed by atoms with E-state index in [0.29, 0.717) is 25.1 Å². The molecule has 1 unspecified atom stereocenters. The summed E-state index contributed by atoms with van der Waals surface area (Å²) in [6.07, 6.45) is 2.56. The molecule has 0 spiro atoms. The zero-order valence-corrected chi connectivity index (χ0v) is 16.4. The highest BCUT2D eigenvalue weighted by atomic mass is 32.2. The SMILES string of the molecule is CS(=O)(=O)N1CCCC(C(=O)Nc2ccc(-c3cc4ccccc4o3)cc2)C1. The van der Waals surface area contributed by atoms with Gasteiger partial charge in [-0.25, -0.2) is 12.7 Å². The van der Waals surface area contributed by atoms with Crippen molar-refractivity contribution in [1.82, 2.24) is 4.31 Å². The van der Waals surface area contributed by atoms with E-state index in [4.69, 9.17) is 4.42 Å². The Morgan fingerprint density at radius 2 is 1.89 bits per heavy atom. The van der Waals surface area contributed by atoms with E-state index in [-0.39, 0.29) is 18.4 Å². The zero-order valence-electron chi connectivity index (χ0n) is 15.6. The zero-order chi connectivity index (χ0) is 19.7. The van der Waals surface area contributed by atoms with Crippen molar-refractivity contribution < 1.29 is 17.6 Å². The molecule has 0 aliphatic carbocycles. The number of para-hydroxylation sites is 1. The number of amides is 1. The maximum Gasteiger partial charge on any atom is 0.228 e. The number of sulfonamides is 1. The van der Waals surface area contributed by atoms with E-state index in [1.54, 1.807) is 0 Å². The van der Waals surface area contributed by atoms with Crippen LogP contribution in [-0.2, 0) is 14.8 Å². The maximum absolute atomic E-state index is 12.6. The predicted molar refractivity (Wildman–Crippen MR) is 109 cm³/mol. The molecule has 0 radical (unpaired) electrons. The van der Waals surface area contributed by atoms with Gasteiger partial charge in [0.15, 0.2) is 0 Å². The Hall–Kier alpha value is -2.64. The number of nitrogens with one attached hydrogen (secondary N) is 1. The van der Waals surface area contributed by atoms with Crippen LogP contribution in [0.15, 0.2) is 59.0 Å². The van der Waals surface area contributed by atoms with Gasteiger partial charge in [0.05, 0.1) is 12.2 Å². The number of rotatable bonds is 4. The number of benzene rings is 2. The van der Waals surface area contributed by atoms with Gasteiger partial charge >= 0.3 is 0 Å². The Labute approximate surface area is 164 Å². The summed E-state index contributed by atoms with van der Waals surface area (Å²) in [6.45, 7) is 0.719. The van der Waals surface area contributed by atoms with Gasteiger partial charge in [-0.1, -0.05) is 18.2 Å². The summed E-state index contributed by atoms with van der Waals surface area (Å²) in [7, 11) is -3.27. The van der Waals surface area contributed by atoms with Gasteiger partial charge in [-0.2, -0.15) is 0 Å². The molecule has 0 saturated carbocycles. The molecular formula is C21H22N2O4S. The molecule has 146 valence electrons. The second kappa shape index (κ2) is 7.41. The van der Waals surface area contributed by atoms with E-state index in [9.17, 15) is 13.2 Å². The van der Waals surface area contributed by atoms with E-state index < -0.39 is 10.0 Å². The number of anilines is 1. The molecule has 4 rings (SSSR count). The maximum atomic E-state index is 12.6. The van der Waals surface area contributed by atoms with Crippen molar-refractivity contribution in [3.63, 3.8) is 0 Å². The first-order valence-corrected chi connectivity index (χ1v) is 11.1. The quantitative estimate of drug-likeness (QED) is 0.727. The number of piperidine rings is 1. The monoisotopic (exact) mass is 398 g/mol. The van der Waals surface area contributed by atoms with Gasteiger partial charge < -0.3 is 9.73 Å². The van der Waals surface area contributed by atoms with Crippen LogP contribution in [0.4, 0.5) is 5.69 Å². The normalized spacial score (nSPS) is 18.2. The molecule has 1 fully saturated rings. The van der Waals surface area contributed by atoms with Crippen molar-refractivity contribution >= 4 is 32.6 Å². The Balaban J connectivity index is 1.45. The number of furan rings is 1. The molecule has 0 bridgehead atoms. The van der Waals surface area contributed by atoms with E-state index in [0.717, 1.165) is 22.3 Å². The van der Waals surface area contributed by atoms with Crippen molar-refractivity contribution in [2.24, 2.45) is 5.92 Å². The third-order valence-corrected chi connectivity index (χ3v) is 6.36. The van der Waals surface area contributed by atoms with Crippen LogP contribution in [0.1, 0.15) is 12.8 Å². The van der Waals surface area contributed by atoms with E-state index in [2.05, 4.69) is 5.32 Å².